The molecule has 19 heavy (non-hydrogen) atoms. The summed E-state index contributed by atoms with van der Waals surface area (Å²) in [4.78, 5) is 13.8. The number of halogens is 1. The Morgan fingerprint density at radius 3 is 3.00 bits per heavy atom. The number of rotatable bonds is 3. The van der Waals surface area contributed by atoms with Gasteiger partial charge in [0.2, 0.25) is 5.91 Å². The third kappa shape index (κ3) is 3.09. The van der Waals surface area contributed by atoms with Crippen molar-refractivity contribution in [1.82, 2.24) is 10.2 Å². The molecule has 0 aliphatic carbocycles. The third-order valence-corrected chi connectivity index (χ3v) is 3.25. The molecule has 1 atom stereocenters. The Bertz CT molecular complexity index is 524. The van der Waals surface area contributed by atoms with Gasteiger partial charge in [-0.25, -0.2) is 4.39 Å². The van der Waals surface area contributed by atoms with Crippen LogP contribution in [0.5, 0.6) is 0 Å². The monoisotopic (exact) mass is 261 g/mol. The Balaban J connectivity index is 2.14. The molecule has 0 spiro atoms. The number of piperazine rings is 1. The van der Waals surface area contributed by atoms with Crippen LogP contribution in [-0.2, 0) is 11.3 Å². The SMILES string of the molecule is CCC1NCCN(Cc2cc(F)cc(C#N)c2)C1=O. The second kappa shape index (κ2) is 5.81. The lowest BCUT2D eigenvalue weighted by Gasteiger charge is -2.32. The fourth-order valence-electron chi connectivity index (χ4n) is 2.29. The molecule has 1 aromatic rings. The standard InChI is InChI=1S/C14H16FN3O/c1-2-13-14(19)18(4-3-17-13)9-11-5-10(8-16)6-12(15)7-11/h5-7,13,17H,2-4,9H2,1H3. The maximum Gasteiger partial charge on any atom is 0.240 e. The largest absolute Gasteiger partial charge is 0.336 e. The zero-order chi connectivity index (χ0) is 13.8. The predicted octanol–water partition coefficient (Wildman–Crippen LogP) is 1.41. The molecule has 1 saturated heterocycles. The Kier molecular flexibility index (Phi) is 4.13. The van der Waals surface area contributed by atoms with Gasteiger partial charge in [-0.15, -0.1) is 0 Å². The van der Waals surface area contributed by atoms with E-state index in [1.807, 2.05) is 13.0 Å². The van der Waals surface area contributed by atoms with E-state index in [1.54, 1.807) is 11.0 Å². The van der Waals surface area contributed by atoms with Crippen molar-refractivity contribution in [2.75, 3.05) is 13.1 Å². The second-order valence-corrected chi connectivity index (χ2v) is 4.63. The summed E-state index contributed by atoms with van der Waals surface area (Å²) in [6, 6.07) is 5.95. The van der Waals surface area contributed by atoms with E-state index < -0.39 is 5.82 Å². The summed E-state index contributed by atoms with van der Waals surface area (Å²) in [5.74, 6) is -0.403. The number of carbonyl (C=O) groups is 1. The number of hydrogen-bond acceptors (Lipinski definition) is 3. The lowest BCUT2D eigenvalue weighted by Crippen LogP contribution is -2.54. The van der Waals surface area contributed by atoms with Crippen LogP contribution in [0.1, 0.15) is 24.5 Å². The van der Waals surface area contributed by atoms with Crippen LogP contribution in [0.4, 0.5) is 4.39 Å². The van der Waals surface area contributed by atoms with E-state index in [4.69, 9.17) is 5.26 Å². The van der Waals surface area contributed by atoms with Gasteiger partial charge in [-0.05, 0) is 30.2 Å². The quantitative estimate of drug-likeness (QED) is 0.895. The lowest BCUT2D eigenvalue weighted by molar-refractivity contribution is -0.136. The van der Waals surface area contributed by atoms with E-state index in [2.05, 4.69) is 5.32 Å². The first kappa shape index (κ1) is 13.5. The first-order valence-electron chi connectivity index (χ1n) is 6.35. The molecule has 4 nitrogen and oxygen atoms in total. The summed E-state index contributed by atoms with van der Waals surface area (Å²) in [6.45, 7) is 3.65. The minimum absolute atomic E-state index is 0.0384. The summed E-state index contributed by atoms with van der Waals surface area (Å²) in [7, 11) is 0. The summed E-state index contributed by atoms with van der Waals surface area (Å²) in [6.07, 6.45) is 0.738. The Labute approximate surface area is 111 Å². The molecule has 1 heterocycles. The number of nitriles is 1. The van der Waals surface area contributed by atoms with Crippen LogP contribution in [-0.4, -0.2) is 29.9 Å². The van der Waals surface area contributed by atoms with E-state index in [-0.39, 0.29) is 17.5 Å². The molecular formula is C14H16FN3O. The van der Waals surface area contributed by atoms with Crippen molar-refractivity contribution in [3.8, 4) is 6.07 Å². The molecule has 0 aromatic heterocycles. The summed E-state index contributed by atoms with van der Waals surface area (Å²) < 4.78 is 13.3. The fraction of sp³-hybridized carbons (Fsp3) is 0.429. The van der Waals surface area contributed by atoms with Crippen LogP contribution >= 0.6 is 0 Å². The topological polar surface area (TPSA) is 56.1 Å². The van der Waals surface area contributed by atoms with Gasteiger partial charge in [0.05, 0.1) is 17.7 Å². The molecule has 1 aromatic carbocycles. The molecular weight excluding hydrogens is 245 g/mol. The molecule has 0 radical (unpaired) electrons. The van der Waals surface area contributed by atoms with Crippen LogP contribution in [0.25, 0.3) is 0 Å². The maximum atomic E-state index is 13.3. The maximum absolute atomic E-state index is 13.3. The molecule has 1 aliphatic rings. The first-order valence-corrected chi connectivity index (χ1v) is 6.35. The number of nitrogens with one attached hydrogen (secondary N) is 1. The summed E-state index contributed by atoms with van der Waals surface area (Å²) in [5.41, 5.74) is 0.936. The molecule has 100 valence electrons. The highest BCUT2D eigenvalue weighted by atomic mass is 19.1. The van der Waals surface area contributed by atoms with Crippen LogP contribution in [0.2, 0.25) is 0 Å². The zero-order valence-corrected chi connectivity index (χ0v) is 10.8. The molecule has 0 bridgehead atoms. The van der Waals surface area contributed by atoms with Gasteiger partial charge >= 0.3 is 0 Å². The van der Waals surface area contributed by atoms with Gasteiger partial charge in [0.15, 0.2) is 0 Å². The minimum Gasteiger partial charge on any atom is -0.336 e. The van der Waals surface area contributed by atoms with Gasteiger partial charge < -0.3 is 10.2 Å². The summed E-state index contributed by atoms with van der Waals surface area (Å²) >= 11 is 0. The average molecular weight is 261 g/mol. The highest BCUT2D eigenvalue weighted by molar-refractivity contribution is 5.82. The van der Waals surface area contributed by atoms with Crippen molar-refractivity contribution in [3.63, 3.8) is 0 Å². The summed E-state index contributed by atoms with van der Waals surface area (Å²) in [5, 5.41) is 12.0. The van der Waals surface area contributed by atoms with Crippen molar-refractivity contribution in [2.45, 2.75) is 25.9 Å². The number of nitrogens with zero attached hydrogens (tertiary/aromatic N) is 2. The van der Waals surface area contributed by atoms with Crippen LogP contribution in [0, 0.1) is 17.1 Å². The van der Waals surface area contributed by atoms with Crippen LogP contribution in [0.15, 0.2) is 18.2 Å². The van der Waals surface area contributed by atoms with Gasteiger partial charge in [0.25, 0.3) is 0 Å². The molecule has 5 heteroatoms. The molecule has 2 rings (SSSR count). The molecule has 1 aliphatic heterocycles. The molecule has 0 saturated carbocycles. The van der Waals surface area contributed by atoms with E-state index in [1.165, 1.54) is 12.1 Å². The van der Waals surface area contributed by atoms with Crippen LogP contribution in [0.3, 0.4) is 0 Å². The van der Waals surface area contributed by atoms with Crippen LogP contribution < -0.4 is 5.32 Å². The lowest BCUT2D eigenvalue weighted by atomic mass is 10.1. The molecule has 1 fully saturated rings. The Morgan fingerprint density at radius 1 is 1.53 bits per heavy atom. The van der Waals surface area contributed by atoms with Gasteiger partial charge in [-0.1, -0.05) is 6.92 Å². The number of hydrogen-bond donors (Lipinski definition) is 1. The van der Waals surface area contributed by atoms with Crippen molar-refractivity contribution in [3.05, 3.63) is 35.1 Å². The Morgan fingerprint density at radius 2 is 2.32 bits per heavy atom. The molecule has 1 amide bonds. The zero-order valence-electron chi connectivity index (χ0n) is 10.8. The minimum atomic E-state index is -0.441. The van der Waals surface area contributed by atoms with Gasteiger partial charge in [-0.3, -0.25) is 4.79 Å². The predicted molar refractivity (Wildman–Crippen MR) is 68.6 cm³/mol. The van der Waals surface area contributed by atoms with Gasteiger partial charge in [-0.2, -0.15) is 5.26 Å². The van der Waals surface area contributed by atoms with Crippen molar-refractivity contribution < 1.29 is 9.18 Å². The van der Waals surface area contributed by atoms with E-state index in [9.17, 15) is 9.18 Å². The second-order valence-electron chi connectivity index (χ2n) is 4.63. The molecule has 1 unspecified atom stereocenters. The highest BCUT2D eigenvalue weighted by Gasteiger charge is 2.26. The highest BCUT2D eigenvalue weighted by Crippen LogP contribution is 2.14. The van der Waals surface area contributed by atoms with Crippen molar-refractivity contribution >= 4 is 5.91 Å². The van der Waals surface area contributed by atoms with E-state index in [0.29, 0.717) is 18.7 Å². The number of benzene rings is 1. The normalized spacial score (nSPS) is 19.3. The van der Waals surface area contributed by atoms with E-state index >= 15 is 0 Å². The smallest absolute Gasteiger partial charge is 0.240 e. The number of amides is 1. The third-order valence-electron chi connectivity index (χ3n) is 3.25. The first-order chi connectivity index (χ1) is 9.13. The van der Waals surface area contributed by atoms with Crippen molar-refractivity contribution in [1.29, 1.82) is 5.26 Å². The van der Waals surface area contributed by atoms with Crippen molar-refractivity contribution in [2.24, 2.45) is 0 Å². The molecule has 1 N–H and O–H groups in total. The number of carbonyl (C=O) groups excluding carboxylic acids is 1. The van der Waals surface area contributed by atoms with Gasteiger partial charge in [0.1, 0.15) is 5.82 Å². The average Bonchev–Trinajstić information content (AvgIpc) is 2.40. The fourth-order valence-corrected chi connectivity index (χ4v) is 2.29. The van der Waals surface area contributed by atoms with E-state index in [0.717, 1.165) is 13.0 Å². The Hall–Kier alpha value is -1.93. The van der Waals surface area contributed by atoms with Gasteiger partial charge in [0, 0.05) is 19.6 Å².